The van der Waals surface area contributed by atoms with Crippen LogP contribution in [0.1, 0.15) is 39.5 Å². The largest absolute Gasteiger partial charge is 0.424 e. The minimum atomic E-state index is -1.18. The SMILES string of the molecule is C1CC[SiH2]OC1.CC(C)O[SiH]1CCCCO1. The fraction of sp³-hybridized carbons (Fsp3) is 1.00. The lowest BCUT2D eigenvalue weighted by Gasteiger charge is -2.22. The van der Waals surface area contributed by atoms with Gasteiger partial charge in [-0.25, -0.2) is 0 Å². The monoisotopic (exact) mass is 262 g/mol. The highest BCUT2D eigenvalue weighted by Gasteiger charge is 2.18. The van der Waals surface area contributed by atoms with E-state index in [9.17, 15) is 0 Å². The first-order chi connectivity index (χ1) is 7.79. The highest BCUT2D eigenvalue weighted by Crippen LogP contribution is 2.12. The Morgan fingerprint density at radius 2 is 1.94 bits per heavy atom. The summed E-state index contributed by atoms with van der Waals surface area (Å²) < 4.78 is 16.3. The summed E-state index contributed by atoms with van der Waals surface area (Å²) in [4.78, 5) is 0. The Labute approximate surface area is 104 Å². The zero-order valence-corrected chi connectivity index (χ0v) is 13.3. The zero-order valence-electron chi connectivity index (χ0n) is 10.7. The molecule has 0 aromatic rings. The van der Waals surface area contributed by atoms with Crippen LogP contribution in [0.3, 0.4) is 0 Å². The van der Waals surface area contributed by atoms with Crippen LogP contribution in [0.15, 0.2) is 0 Å². The van der Waals surface area contributed by atoms with Crippen molar-refractivity contribution in [3.8, 4) is 0 Å². The molecule has 2 aliphatic rings. The smallest absolute Gasteiger partial charge is 0.321 e. The molecule has 96 valence electrons. The van der Waals surface area contributed by atoms with Gasteiger partial charge in [-0.2, -0.15) is 0 Å². The third-order valence-corrected chi connectivity index (χ3v) is 6.34. The highest BCUT2D eigenvalue weighted by molar-refractivity contribution is 6.44. The molecule has 0 amide bonds. The molecule has 2 aliphatic heterocycles. The maximum atomic E-state index is 5.61. The van der Waals surface area contributed by atoms with E-state index in [1.54, 1.807) is 0 Å². The molecule has 0 saturated carbocycles. The van der Waals surface area contributed by atoms with Crippen molar-refractivity contribution in [3.63, 3.8) is 0 Å². The van der Waals surface area contributed by atoms with Crippen molar-refractivity contribution in [2.24, 2.45) is 0 Å². The van der Waals surface area contributed by atoms with Gasteiger partial charge in [-0.15, -0.1) is 0 Å². The molecule has 2 rings (SSSR count). The molecule has 0 N–H and O–H groups in total. The van der Waals surface area contributed by atoms with Crippen LogP contribution in [-0.2, 0) is 13.3 Å². The van der Waals surface area contributed by atoms with Crippen LogP contribution in [0.5, 0.6) is 0 Å². The molecule has 0 radical (unpaired) electrons. The van der Waals surface area contributed by atoms with E-state index in [-0.39, 0.29) is 9.76 Å². The first-order valence-electron chi connectivity index (χ1n) is 6.64. The molecular formula is C11H26O3Si2. The van der Waals surface area contributed by atoms with Crippen molar-refractivity contribution >= 4 is 19.0 Å². The molecule has 0 bridgehead atoms. The lowest BCUT2D eigenvalue weighted by molar-refractivity contribution is 0.143. The Kier molecular flexibility index (Phi) is 8.40. The van der Waals surface area contributed by atoms with Gasteiger partial charge >= 0.3 is 9.28 Å². The Balaban J connectivity index is 0.000000181. The van der Waals surface area contributed by atoms with E-state index in [1.165, 1.54) is 37.8 Å². The molecule has 0 aliphatic carbocycles. The van der Waals surface area contributed by atoms with Crippen molar-refractivity contribution in [1.82, 2.24) is 0 Å². The van der Waals surface area contributed by atoms with Crippen molar-refractivity contribution in [3.05, 3.63) is 0 Å². The van der Waals surface area contributed by atoms with Crippen LogP contribution in [-0.4, -0.2) is 38.4 Å². The summed E-state index contributed by atoms with van der Waals surface area (Å²) in [6.07, 6.45) is 5.64. The minimum Gasteiger partial charge on any atom is -0.424 e. The van der Waals surface area contributed by atoms with E-state index in [2.05, 4.69) is 13.8 Å². The molecule has 0 spiro atoms. The first-order valence-corrected chi connectivity index (χ1v) is 9.97. The van der Waals surface area contributed by atoms with Crippen molar-refractivity contribution in [2.45, 2.75) is 57.7 Å². The van der Waals surface area contributed by atoms with Crippen molar-refractivity contribution in [2.75, 3.05) is 13.2 Å². The lowest BCUT2D eigenvalue weighted by atomic mass is 10.4. The average molecular weight is 262 g/mol. The summed E-state index contributed by atoms with van der Waals surface area (Å²) in [5, 5.41) is 0. The van der Waals surface area contributed by atoms with E-state index in [0.717, 1.165) is 13.2 Å². The first kappa shape index (κ1) is 14.4. The second kappa shape index (κ2) is 9.35. The predicted octanol–water partition coefficient (Wildman–Crippen LogP) is 1.74. The number of hydrogen-bond acceptors (Lipinski definition) is 3. The summed E-state index contributed by atoms with van der Waals surface area (Å²) in [5.74, 6) is 0. The van der Waals surface area contributed by atoms with E-state index in [1.807, 2.05) is 0 Å². The normalized spacial score (nSPS) is 27.6. The van der Waals surface area contributed by atoms with E-state index in [0.29, 0.717) is 6.10 Å². The van der Waals surface area contributed by atoms with Crippen molar-refractivity contribution in [1.29, 1.82) is 0 Å². The second-order valence-electron chi connectivity index (χ2n) is 4.65. The lowest BCUT2D eigenvalue weighted by Crippen LogP contribution is -2.29. The van der Waals surface area contributed by atoms with Gasteiger partial charge in [-0.1, -0.05) is 6.42 Å². The van der Waals surface area contributed by atoms with E-state index >= 15 is 0 Å². The third kappa shape index (κ3) is 7.56. The summed E-state index contributed by atoms with van der Waals surface area (Å²) in [6, 6.07) is 2.62. The molecule has 16 heavy (non-hydrogen) atoms. The Morgan fingerprint density at radius 3 is 2.31 bits per heavy atom. The van der Waals surface area contributed by atoms with Crippen LogP contribution >= 0.6 is 0 Å². The molecule has 3 nitrogen and oxygen atoms in total. The van der Waals surface area contributed by atoms with E-state index < -0.39 is 9.28 Å². The van der Waals surface area contributed by atoms with Crippen LogP contribution in [0.25, 0.3) is 0 Å². The Bertz CT molecular complexity index is 146. The van der Waals surface area contributed by atoms with Gasteiger partial charge in [0, 0.05) is 19.3 Å². The van der Waals surface area contributed by atoms with Crippen molar-refractivity contribution < 1.29 is 13.3 Å². The van der Waals surface area contributed by atoms with Gasteiger partial charge in [0.1, 0.15) is 0 Å². The molecule has 0 aromatic carbocycles. The van der Waals surface area contributed by atoms with Gasteiger partial charge in [0.15, 0.2) is 9.76 Å². The zero-order chi connectivity index (χ0) is 11.6. The Morgan fingerprint density at radius 1 is 1.12 bits per heavy atom. The summed E-state index contributed by atoms with van der Waals surface area (Å²) >= 11 is 0. The van der Waals surface area contributed by atoms with Gasteiger partial charge in [-0.3, -0.25) is 0 Å². The van der Waals surface area contributed by atoms with Crippen LogP contribution < -0.4 is 0 Å². The fourth-order valence-electron chi connectivity index (χ4n) is 1.81. The number of hydrogen-bond donors (Lipinski definition) is 0. The maximum absolute atomic E-state index is 5.61. The molecule has 2 heterocycles. The quantitative estimate of drug-likeness (QED) is 0.710. The van der Waals surface area contributed by atoms with Gasteiger partial charge < -0.3 is 13.3 Å². The summed E-state index contributed by atoms with van der Waals surface area (Å²) in [7, 11) is -1.18. The van der Waals surface area contributed by atoms with Crippen LogP contribution in [0, 0.1) is 0 Å². The fourth-order valence-corrected chi connectivity index (χ4v) is 5.02. The molecule has 5 heteroatoms. The molecular weight excluding hydrogens is 236 g/mol. The highest BCUT2D eigenvalue weighted by atomic mass is 28.3. The molecule has 1 atom stereocenters. The Hall–Kier alpha value is 0.314. The second-order valence-corrected chi connectivity index (χ2v) is 8.22. The van der Waals surface area contributed by atoms with Gasteiger partial charge in [-0.05, 0) is 45.2 Å². The standard InChI is InChI=1S/C7H16O2Si.C4H10OSi/c1-7(2)9-10-6-4-3-5-8-10;1-2-4-6-5-3-1/h7,10H,3-6H2,1-2H3;1-4,6H2. The van der Waals surface area contributed by atoms with Crippen LogP contribution in [0.2, 0.25) is 12.1 Å². The van der Waals surface area contributed by atoms with Gasteiger partial charge in [0.2, 0.25) is 0 Å². The summed E-state index contributed by atoms with van der Waals surface area (Å²) in [5.41, 5.74) is 0. The number of rotatable bonds is 2. The predicted molar refractivity (Wildman–Crippen MR) is 71.9 cm³/mol. The molecule has 1 unspecified atom stereocenters. The van der Waals surface area contributed by atoms with Crippen LogP contribution in [0.4, 0.5) is 0 Å². The average Bonchev–Trinajstić information content (AvgIpc) is 2.32. The van der Waals surface area contributed by atoms with Gasteiger partial charge in [0.25, 0.3) is 0 Å². The maximum Gasteiger partial charge on any atom is 0.321 e. The minimum absolute atomic E-state index is 0.00849. The topological polar surface area (TPSA) is 27.7 Å². The summed E-state index contributed by atoms with van der Waals surface area (Å²) in [6.45, 7) is 6.14. The molecule has 2 fully saturated rings. The van der Waals surface area contributed by atoms with E-state index in [4.69, 9.17) is 13.3 Å². The molecule has 0 aromatic heterocycles. The molecule has 2 saturated heterocycles. The van der Waals surface area contributed by atoms with Gasteiger partial charge in [0.05, 0.1) is 0 Å². The third-order valence-electron chi connectivity index (χ3n) is 2.64.